The Bertz CT molecular complexity index is 818. The first-order valence-corrected chi connectivity index (χ1v) is 15.1. The molecule has 0 radical (unpaired) electrons. The highest BCUT2D eigenvalue weighted by atomic mass is 16.2. The van der Waals surface area contributed by atoms with E-state index in [2.05, 4.69) is 57.0 Å². The molecule has 35 heavy (non-hydrogen) atoms. The molecule has 5 aliphatic rings. The fourth-order valence-electron chi connectivity index (χ4n) is 9.17. The highest BCUT2D eigenvalue weighted by molar-refractivity contribution is 5.86. The van der Waals surface area contributed by atoms with E-state index in [9.17, 15) is 4.79 Å². The van der Waals surface area contributed by atoms with Crippen molar-refractivity contribution < 1.29 is 4.79 Å². The van der Waals surface area contributed by atoms with Crippen LogP contribution >= 0.6 is 0 Å². The van der Waals surface area contributed by atoms with Crippen molar-refractivity contribution in [2.75, 3.05) is 7.05 Å². The number of allylic oxidation sites excluding steroid dienone is 1. The van der Waals surface area contributed by atoms with Crippen LogP contribution in [0.3, 0.4) is 0 Å². The Morgan fingerprint density at radius 1 is 1.06 bits per heavy atom. The maximum atomic E-state index is 14.2. The molecule has 3 fully saturated rings. The molecule has 4 aliphatic carbocycles. The van der Waals surface area contributed by atoms with Gasteiger partial charge in [-0.2, -0.15) is 0 Å². The predicted octanol–water partition coefficient (Wildman–Crippen LogP) is 7.06. The van der Waals surface area contributed by atoms with E-state index in [0.717, 1.165) is 24.7 Å². The van der Waals surface area contributed by atoms with Crippen LogP contribution in [0, 0.1) is 28.6 Å². The highest BCUT2D eigenvalue weighted by Crippen LogP contribution is 2.53. The molecule has 1 aliphatic heterocycles. The summed E-state index contributed by atoms with van der Waals surface area (Å²) in [6.07, 6.45) is 18.1. The first-order valence-electron chi connectivity index (χ1n) is 15.1. The zero-order valence-corrected chi connectivity index (χ0v) is 23.7. The summed E-state index contributed by atoms with van der Waals surface area (Å²) < 4.78 is 0. The van der Waals surface area contributed by atoms with Crippen molar-refractivity contribution in [2.24, 2.45) is 28.6 Å². The molecule has 4 nitrogen and oxygen atoms in total. The number of hydrogen-bond acceptors (Lipinski definition) is 3. The first kappa shape index (κ1) is 25.6. The Morgan fingerprint density at radius 3 is 2.51 bits per heavy atom. The number of nitrogens with zero attached hydrogens (tertiary/aromatic N) is 2. The van der Waals surface area contributed by atoms with Crippen LogP contribution in [0.5, 0.6) is 0 Å². The lowest BCUT2D eigenvalue weighted by molar-refractivity contribution is -0.132. The van der Waals surface area contributed by atoms with Gasteiger partial charge in [-0.05, 0) is 98.9 Å². The summed E-state index contributed by atoms with van der Waals surface area (Å²) in [4.78, 5) is 14.2. The molecule has 2 bridgehead atoms. The molecule has 198 valence electrons. The lowest BCUT2D eigenvalue weighted by atomic mass is 9.56. The third-order valence-corrected chi connectivity index (χ3v) is 11.0. The SMILES string of the molecule is CC1CC2CCCC(C(C)NC(=O)C3C4=C(CCC(C(C)(C)C)C4)N(C4CCCCC4)N3C)(C1)C2. The van der Waals surface area contributed by atoms with Crippen molar-refractivity contribution in [3.8, 4) is 0 Å². The van der Waals surface area contributed by atoms with Crippen molar-refractivity contribution in [1.82, 2.24) is 15.3 Å². The van der Waals surface area contributed by atoms with Crippen molar-refractivity contribution in [3.05, 3.63) is 11.3 Å². The second kappa shape index (κ2) is 9.69. The van der Waals surface area contributed by atoms with Gasteiger partial charge in [0.25, 0.3) is 0 Å². The van der Waals surface area contributed by atoms with E-state index >= 15 is 0 Å². The Kier molecular flexibility index (Phi) is 7.09. The number of nitrogens with one attached hydrogen (secondary N) is 1. The third kappa shape index (κ3) is 4.82. The standard InChI is InChI=1S/C31H53N3O/c1-21-17-23-11-10-16-31(19-21,20-23)22(2)32-29(35)28-26-18-24(30(3,4)5)14-15-27(26)34(33(28)6)25-12-8-7-9-13-25/h21-25,28H,7-20H2,1-6H3,(H,32,35). The van der Waals surface area contributed by atoms with E-state index in [-0.39, 0.29) is 23.4 Å². The molecular formula is C31H53N3O. The van der Waals surface area contributed by atoms with E-state index in [1.165, 1.54) is 88.3 Å². The van der Waals surface area contributed by atoms with E-state index in [1.54, 1.807) is 0 Å². The number of carbonyl (C=O) groups is 1. The van der Waals surface area contributed by atoms with Gasteiger partial charge in [-0.25, -0.2) is 5.01 Å². The summed E-state index contributed by atoms with van der Waals surface area (Å²) in [7, 11) is 2.21. The number of fused-ring (bicyclic) bond motifs is 2. The minimum Gasteiger partial charge on any atom is -0.351 e. The van der Waals surface area contributed by atoms with Gasteiger partial charge in [-0.1, -0.05) is 59.8 Å². The highest BCUT2D eigenvalue weighted by Gasteiger charge is 2.49. The second-order valence-corrected chi connectivity index (χ2v) is 14.5. The maximum Gasteiger partial charge on any atom is 0.243 e. The third-order valence-electron chi connectivity index (χ3n) is 11.0. The van der Waals surface area contributed by atoms with Gasteiger partial charge in [0, 0.05) is 24.8 Å². The predicted molar refractivity (Wildman–Crippen MR) is 144 cm³/mol. The van der Waals surface area contributed by atoms with Gasteiger partial charge < -0.3 is 10.3 Å². The molecule has 6 atom stereocenters. The average molecular weight is 484 g/mol. The summed E-state index contributed by atoms with van der Waals surface area (Å²) in [6, 6.07) is 0.733. The molecule has 6 unspecified atom stereocenters. The van der Waals surface area contributed by atoms with Crippen molar-refractivity contribution in [2.45, 2.75) is 143 Å². The summed E-state index contributed by atoms with van der Waals surface area (Å²) in [5, 5.41) is 8.64. The Hall–Kier alpha value is -1.03. The van der Waals surface area contributed by atoms with Crippen molar-refractivity contribution >= 4 is 5.91 Å². The second-order valence-electron chi connectivity index (χ2n) is 14.5. The Labute approximate surface area is 215 Å². The molecule has 0 aromatic heterocycles. The van der Waals surface area contributed by atoms with Gasteiger partial charge in [0.2, 0.25) is 5.91 Å². The van der Waals surface area contributed by atoms with E-state index in [0.29, 0.717) is 17.4 Å². The molecule has 5 rings (SSSR count). The quantitative estimate of drug-likeness (QED) is 0.465. The minimum absolute atomic E-state index is 0.115. The van der Waals surface area contributed by atoms with Gasteiger partial charge in [-0.15, -0.1) is 0 Å². The summed E-state index contributed by atoms with van der Waals surface area (Å²) in [5.74, 6) is 2.60. The van der Waals surface area contributed by atoms with Crippen LogP contribution in [0.1, 0.15) is 125 Å². The van der Waals surface area contributed by atoms with Crippen LogP contribution in [0.15, 0.2) is 11.3 Å². The zero-order valence-electron chi connectivity index (χ0n) is 23.7. The molecular weight excluding hydrogens is 430 g/mol. The minimum atomic E-state index is -0.115. The molecule has 1 amide bonds. The van der Waals surface area contributed by atoms with Gasteiger partial charge in [0.15, 0.2) is 0 Å². The van der Waals surface area contributed by atoms with Crippen LogP contribution in [0.25, 0.3) is 0 Å². The fraction of sp³-hybridized carbons (Fsp3) is 0.903. The number of hydrogen-bond donors (Lipinski definition) is 1. The number of likely N-dealkylation sites (N-methyl/N-ethyl adjacent to an activating group) is 1. The van der Waals surface area contributed by atoms with E-state index in [1.807, 2.05) is 0 Å². The number of hydrazine groups is 1. The van der Waals surface area contributed by atoms with Crippen LogP contribution in [0.4, 0.5) is 0 Å². The van der Waals surface area contributed by atoms with Crippen LogP contribution in [-0.2, 0) is 4.79 Å². The van der Waals surface area contributed by atoms with Crippen LogP contribution < -0.4 is 5.32 Å². The summed E-state index contributed by atoms with van der Waals surface area (Å²) in [6.45, 7) is 11.9. The lowest BCUT2D eigenvalue weighted by Crippen LogP contribution is -2.56. The van der Waals surface area contributed by atoms with Gasteiger partial charge in [0.05, 0.1) is 0 Å². The summed E-state index contributed by atoms with van der Waals surface area (Å²) >= 11 is 0. The molecule has 0 aromatic rings. The molecule has 0 spiro atoms. The topological polar surface area (TPSA) is 35.6 Å². The van der Waals surface area contributed by atoms with Gasteiger partial charge >= 0.3 is 0 Å². The molecule has 0 saturated heterocycles. The lowest BCUT2D eigenvalue weighted by Gasteiger charge is -2.51. The molecule has 1 N–H and O–H groups in total. The monoisotopic (exact) mass is 483 g/mol. The molecule has 0 aromatic carbocycles. The molecule has 4 heteroatoms. The molecule has 1 heterocycles. The van der Waals surface area contributed by atoms with Gasteiger partial charge in [-0.3, -0.25) is 4.79 Å². The van der Waals surface area contributed by atoms with Crippen LogP contribution in [0.2, 0.25) is 0 Å². The fourth-order valence-corrected chi connectivity index (χ4v) is 9.17. The Balaban J connectivity index is 1.39. The van der Waals surface area contributed by atoms with Crippen molar-refractivity contribution in [3.63, 3.8) is 0 Å². The number of amides is 1. The van der Waals surface area contributed by atoms with E-state index in [4.69, 9.17) is 0 Å². The normalized spacial score (nSPS) is 37.8. The number of carbonyl (C=O) groups excluding carboxylic acids is 1. The zero-order chi connectivity index (χ0) is 25.0. The van der Waals surface area contributed by atoms with Gasteiger partial charge in [0.1, 0.15) is 6.04 Å². The maximum absolute atomic E-state index is 14.2. The Morgan fingerprint density at radius 2 is 1.80 bits per heavy atom. The molecule has 3 saturated carbocycles. The smallest absolute Gasteiger partial charge is 0.243 e. The number of rotatable bonds is 4. The summed E-state index contributed by atoms with van der Waals surface area (Å²) in [5.41, 5.74) is 3.56. The average Bonchev–Trinajstić information content (AvgIpc) is 3.09. The largest absolute Gasteiger partial charge is 0.351 e. The van der Waals surface area contributed by atoms with Crippen molar-refractivity contribution in [1.29, 1.82) is 0 Å². The first-order chi connectivity index (χ1) is 16.6. The van der Waals surface area contributed by atoms with E-state index < -0.39 is 0 Å². The van der Waals surface area contributed by atoms with Crippen LogP contribution in [-0.4, -0.2) is 41.1 Å².